The molecule has 1 fully saturated rings. The number of hydrogen-bond acceptors (Lipinski definition) is 2. The van der Waals surface area contributed by atoms with Gasteiger partial charge in [0.2, 0.25) is 0 Å². The molecule has 0 aliphatic carbocycles. The van der Waals surface area contributed by atoms with Gasteiger partial charge in [-0.05, 0) is 25.7 Å². The van der Waals surface area contributed by atoms with Crippen LogP contribution in [-0.2, 0) is 4.79 Å². The van der Waals surface area contributed by atoms with Crippen molar-refractivity contribution in [3.63, 3.8) is 0 Å². The molecule has 0 aromatic carbocycles. The van der Waals surface area contributed by atoms with Crippen molar-refractivity contribution in [2.45, 2.75) is 57.8 Å². The third-order valence-corrected chi connectivity index (χ3v) is 3.49. The molecule has 2 amide bonds. The molecule has 0 radical (unpaired) electrons. The fraction of sp³-hybridized carbons (Fsp3) is 0.857. The first-order valence-electron chi connectivity index (χ1n) is 7.45. The molecule has 1 aliphatic heterocycles. The SMILES string of the molecule is O=C(O)CCCCCNC(=O)N1CCCCCCC1. The molecular weight excluding hydrogens is 244 g/mol. The lowest BCUT2D eigenvalue weighted by Crippen LogP contribution is -2.41. The highest BCUT2D eigenvalue weighted by Crippen LogP contribution is 2.10. The van der Waals surface area contributed by atoms with E-state index in [4.69, 9.17) is 5.11 Å². The Morgan fingerprint density at radius 2 is 1.58 bits per heavy atom. The molecule has 1 rings (SSSR count). The molecule has 0 bridgehead atoms. The van der Waals surface area contributed by atoms with E-state index in [2.05, 4.69) is 5.32 Å². The van der Waals surface area contributed by atoms with Crippen molar-refractivity contribution in [1.82, 2.24) is 10.2 Å². The smallest absolute Gasteiger partial charge is 0.317 e. The molecule has 0 unspecified atom stereocenters. The highest BCUT2D eigenvalue weighted by Gasteiger charge is 2.13. The molecular formula is C14H26N2O3. The van der Waals surface area contributed by atoms with E-state index in [1.54, 1.807) is 0 Å². The Morgan fingerprint density at radius 3 is 2.21 bits per heavy atom. The third-order valence-electron chi connectivity index (χ3n) is 3.49. The average molecular weight is 270 g/mol. The van der Waals surface area contributed by atoms with Gasteiger partial charge in [-0.3, -0.25) is 4.79 Å². The van der Waals surface area contributed by atoms with Crippen LogP contribution >= 0.6 is 0 Å². The summed E-state index contributed by atoms with van der Waals surface area (Å²) in [5, 5.41) is 11.4. The van der Waals surface area contributed by atoms with Crippen LogP contribution in [0.4, 0.5) is 4.79 Å². The fourth-order valence-corrected chi connectivity index (χ4v) is 2.34. The zero-order valence-corrected chi connectivity index (χ0v) is 11.7. The number of likely N-dealkylation sites (tertiary alicyclic amines) is 1. The molecule has 19 heavy (non-hydrogen) atoms. The van der Waals surface area contributed by atoms with Crippen molar-refractivity contribution in [3.05, 3.63) is 0 Å². The number of urea groups is 1. The summed E-state index contributed by atoms with van der Waals surface area (Å²) in [6, 6.07) is 0.0418. The van der Waals surface area contributed by atoms with Gasteiger partial charge in [-0.15, -0.1) is 0 Å². The molecule has 0 aromatic rings. The van der Waals surface area contributed by atoms with Gasteiger partial charge >= 0.3 is 12.0 Å². The van der Waals surface area contributed by atoms with E-state index in [0.717, 1.165) is 38.8 Å². The molecule has 0 saturated carbocycles. The quantitative estimate of drug-likeness (QED) is 0.729. The number of unbranched alkanes of at least 4 members (excludes halogenated alkanes) is 2. The summed E-state index contributed by atoms with van der Waals surface area (Å²) >= 11 is 0. The van der Waals surface area contributed by atoms with Gasteiger partial charge < -0.3 is 15.3 Å². The van der Waals surface area contributed by atoms with Crippen molar-refractivity contribution < 1.29 is 14.7 Å². The van der Waals surface area contributed by atoms with E-state index >= 15 is 0 Å². The second kappa shape index (κ2) is 9.64. The van der Waals surface area contributed by atoms with E-state index in [-0.39, 0.29) is 12.5 Å². The van der Waals surface area contributed by atoms with Gasteiger partial charge in [-0.2, -0.15) is 0 Å². The fourth-order valence-electron chi connectivity index (χ4n) is 2.34. The summed E-state index contributed by atoms with van der Waals surface area (Å²) < 4.78 is 0. The maximum Gasteiger partial charge on any atom is 0.317 e. The van der Waals surface area contributed by atoms with Crippen molar-refractivity contribution in [3.8, 4) is 0 Å². The van der Waals surface area contributed by atoms with Gasteiger partial charge in [0.25, 0.3) is 0 Å². The molecule has 5 nitrogen and oxygen atoms in total. The summed E-state index contributed by atoms with van der Waals surface area (Å²) in [4.78, 5) is 24.2. The van der Waals surface area contributed by atoms with Crippen molar-refractivity contribution in [2.75, 3.05) is 19.6 Å². The Labute approximate surface area is 115 Å². The van der Waals surface area contributed by atoms with Crippen molar-refractivity contribution in [2.24, 2.45) is 0 Å². The normalized spacial score (nSPS) is 16.5. The van der Waals surface area contributed by atoms with E-state index in [9.17, 15) is 9.59 Å². The van der Waals surface area contributed by atoms with Gasteiger partial charge in [0.05, 0.1) is 0 Å². The van der Waals surface area contributed by atoms with E-state index < -0.39 is 5.97 Å². The largest absolute Gasteiger partial charge is 0.481 e. The van der Waals surface area contributed by atoms with Crippen LogP contribution in [0.3, 0.4) is 0 Å². The first kappa shape index (κ1) is 15.8. The van der Waals surface area contributed by atoms with Crippen LogP contribution in [-0.4, -0.2) is 41.6 Å². The van der Waals surface area contributed by atoms with E-state index in [1.807, 2.05) is 4.90 Å². The first-order chi connectivity index (χ1) is 9.20. The third kappa shape index (κ3) is 7.70. The highest BCUT2D eigenvalue weighted by atomic mass is 16.4. The molecule has 1 aliphatic rings. The van der Waals surface area contributed by atoms with Crippen molar-refractivity contribution in [1.29, 1.82) is 0 Å². The van der Waals surface area contributed by atoms with Crippen LogP contribution in [0.25, 0.3) is 0 Å². The number of nitrogens with one attached hydrogen (secondary N) is 1. The Bertz CT molecular complexity index is 274. The molecule has 5 heteroatoms. The number of hydrogen-bond donors (Lipinski definition) is 2. The minimum atomic E-state index is -0.746. The van der Waals surface area contributed by atoms with Crippen LogP contribution in [0.15, 0.2) is 0 Å². The van der Waals surface area contributed by atoms with Gasteiger partial charge in [0.1, 0.15) is 0 Å². The number of nitrogens with zero attached hydrogens (tertiary/aromatic N) is 1. The molecule has 110 valence electrons. The summed E-state index contributed by atoms with van der Waals surface area (Å²) in [6.45, 7) is 2.38. The number of carboxylic acids is 1. The second-order valence-electron chi connectivity index (χ2n) is 5.19. The van der Waals surface area contributed by atoms with Crippen LogP contribution in [0, 0.1) is 0 Å². The van der Waals surface area contributed by atoms with Crippen LogP contribution in [0.2, 0.25) is 0 Å². The van der Waals surface area contributed by atoms with Gasteiger partial charge in [0.15, 0.2) is 0 Å². The van der Waals surface area contributed by atoms with Crippen LogP contribution in [0.1, 0.15) is 57.8 Å². The summed E-state index contributed by atoms with van der Waals surface area (Å²) in [5.41, 5.74) is 0. The summed E-state index contributed by atoms with van der Waals surface area (Å²) in [6.07, 6.45) is 8.56. The van der Waals surface area contributed by atoms with Gasteiger partial charge in [-0.25, -0.2) is 4.79 Å². The zero-order chi connectivity index (χ0) is 13.9. The van der Waals surface area contributed by atoms with Gasteiger partial charge in [0, 0.05) is 26.1 Å². The number of carbonyl (C=O) groups is 2. The summed E-state index contributed by atoms with van der Waals surface area (Å²) in [5.74, 6) is -0.746. The summed E-state index contributed by atoms with van der Waals surface area (Å²) in [7, 11) is 0. The lowest BCUT2D eigenvalue weighted by Gasteiger charge is -2.25. The monoisotopic (exact) mass is 270 g/mol. The maximum absolute atomic E-state index is 11.9. The zero-order valence-electron chi connectivity index (χ0n) is 11.7. The number of carboxylic acid groups (broad SMARTS) is 1. The number of rotatable bonds is 6. The Morgan fingerprint density at radius 1 is 0.947 bits per heavy atom. The molecule has 2 N–H and O–H groups in total. The topological polar surface area (TPSA) is 69.6 Å². The molecule has 1 heterocycles. The Hall–Kier alpha value is -1.26. The van der Waals surface area contributed by atoms with Crippen molar-refractivity contribution >= 4 is 12.0 Å². The molecule has 1 saturated heterocycles. The minimum absolute atomic E-state index is 0.0418. The number of amides is 2. The standard InChI is InChI=1S/C14H26N2O3/c17-13(18)9-5-4-6-10-15-14(19)16-11-7-2-1-3-8-12-16/h1-12H2,(H,15,19)(H,17,18). The second-order valence-corrected chi connectivity index (χ2v) is 5.19. The number of carbonyl (C=O) groups excluding carboxylic acids is 1. The predicted octanol–water partition coefficient (Wildman–Crippen LogP) is 2.61. The lowest BCUT2D eigenvalue weighted by molar-refractivity contribution is -0.137. The molecule has 0 aromatic heterocycles. The van der Waals surface area contributed by atoms with E-state index in [1.165, 1.54) is 19.3 Å². The lowest BCUT2D eigenvalue weighted by atomic mass is 10.1. The predicted molar refractivity (Wildman–Crippen MR) is 74.2 cm³/mol. The van der Waals surface area contributed by atoms with Crippen LogP contribution in [0.5, 0.6) is 0 Å². The van der Waals surface area contributed by atoms with E-state index in [0.29, 0.717) is 13.0 Å². The first-order valence-corrected chi connectivity index (χ1v) is 7.45. The Kier molecular flexibility index (Phi) is 8.02. The highest BCUT2D eigenvalue weighted by molar-refractivity contribution is 5.74. The molecule has 0 spiro atoms. The Balaban J connectivity index is 2.07. The minimum Gasteiger partial charge on any atom is -0.481 e. The maximum atomic E-state index is 11.9. The number of aliphatic carboxylic acids is 1. The van der Waals surface area contributed by atoms with Crippen LogP contribution < -0.4 is 5.32 Å². The van der Waals surface area contributed by atoms with Gasteiger partial charge in [-0.1, -0.05) is 25.7 Å². The average Bonchev–Trinajstić information content (AvgIpc) is 2.32. The molecule has 0 atom stereocenters.